The van der Waals surface area contributed by atoms with E-state index in [0.29, 0.717) is 11.0 Å². The van der Waals surface area contributed by atoms with Gasteiger partial charge in [0.25, 0.3) is 5.69 Å². The highest BCUT2D eigenvalue weighted by atomic mass is 32.2. The van der Waals surface area contributed by atoms with E-state index in [1.54, 1.807) is 13.0 Å². The van der Waals surface area contributed by atoms with Crippen molar-refractivity contribution in [3.63, 3.8) is 0 Å². The van der Waals surface area contributed by atoms with Crippen LogP contribution in [0.3, 0.4) is 0 Å². The molecule has 0 unspecified atom stereocenters. The molecule has 3 aromatic rings. The minimum Gasteiger partial charge on any atom is -0.320 e. The number of carbonyl (C=O) groups is 1. The highest BCUT2D eigenvalue weighted by Gasteiger charge is 2.17. The van der Waals surface area contributed by atoms with Crippen molar-refractivity contribution in [3.8, 4) is 11.4 Å². The summed E-state index contributed by atoms with van der Waals surface area (Å²) >= 11 is 1.21. The molecule has 0 saturated carbocycles. The van der Waals surface area contributed by atoms with Gasteiger partial charge in [0.1, 0.15) is 5.69 Å². The summed E-state index contributed by atoms with van der Waals surface area (Å²) in [6.45, 7) is 1.76. The van der Waals surface area contributed by atoms with Gasteiger partial charge in [-0.15, -0.1) is 10.2 Å². The van der Waals surface area contributed by atoms with Gasteiger partial charge in [0.2, 0.25) is 5.91 Å². The number of anilines is 1. The van der Waals surface area contributed by atoms with Crippen LogP contribution < -0.4 is 5.32 Å². The van der Waals surface area contributed by atoms with E-state index in [4.69, 9.17) is 0 Å². The summed E-state index contributed by atoms with van der Waals surface area (Å²) in [7, 11) is 1.83. The van der Waals surface area contributed by atoms with Gasteiger partial charge in [0, 0.05) is 18.7 Å². The lowest BCUT2D eigenvalue weighted by molar-refractivity contribution is -0.384. The number of rotatable bonds is 6. The van der Waals surface area contributed by atoms with Crippen molar-refractivity contribution in [3.05, 3.63) is 64.2 Å². The molecule has 27 heavy (non-hydrogen) atoms. The molecule has 8 nitrogen and oxygen atoms in total. The zero-order chi connectivity index (χ0) is 19.4. The smallest absolute Gasteiger partial charge is 0.293 e. The molecule has 0 atom stereocenters. The quantitative estimate of drug-likeness (QED) is 0.397. The number of nitro benzene ring substituents is 1. The second-order valence-corrected chi connectivity index (χ2v) is 6.79. The molecule has 0 fully saturated rings. The zero-order valence-electron chi connectivity index (χ0n) is 14.7. The molecule has 1 aromatic heterocycles. The van der Waals surface area contributed by atoms with Crippen molar-refractivity contribution in [2.24, 2.45) is 7.05 Å². The van der Waals surface area contributed by atoms with E-state index >= 15 is 0 Å². The van der Waals surface area contributed by atoms with E-state index in [-0.39, 0.29) is 23.0 Å². The summed E-state index contributed by atoms with van der Waals surface area (Å²) in [5, 5.41) is 22.6. The number of nitro groups is 1. The van der Waals surface area contributed by atoms with Crippen molar-refractivity contribution in [2.45, 2.75) is 12.1 Å². The van der Waals surface area contributed by atoms with Gasteiger partial charge in [0.05, 0.1) is 10.7 Å². The summed E-state index contributed by atoms with van der Waals surface area (Å²) in [5.41, 5.74) is 1.73. The van der Waals surface area contributed by atoms with E-state index in [9.17, 15) is 14.9 Å². The molecule has 2 aromatic carbocycles. The van der Waals surface area contributed by atoms with E-state index in [1.165, 1.54) is 23.9 Å². The fourth-order valence-electron chi connectivity index (χ4n) is 2.49. The molecule has 0 radical (unpaired) electrons. The largest absolute Gasteiger partial charge is 0.320 e. The second kappa shape index (κ2) is 8.00. The number of nitrogens with zero attached hydrogens (tertiary/aromatic N) is 4. The standard InChI is InChI=1S/C18H17N5O3S/c1-12-8-9-14(15(10-12)23(25)26)19-16(24)11-27-18-21-20-17(22(18)2)13-6-4-3-5-7-13/h3-10H,11H2,1-2H3,(H,19,24). The van der Waals surface area contributed by atoms with E-state index in [2.05, 4.69) is 15.5 Å². The van der Waals surface area contributed by atoms with Crippen LogP contribution in [0, 0.1) is 17.0 Å². The Balaban J connectivity index is 1.67. The van der Waals surface area contributed by atoms with Crippen LogP contribution in [-0.2, 0) is 11.8 Å². The Kier molecular flexibility index (Phi) is 5.51. The Bertz CT molecular complexity index is 988. The first-order valence-electron chi connectivity index (χ1n) is 8.08. The fraction of sp³-hybridized carbons (Fsp3) is 0.167. The zero-order valence-corrected chi connectivity index (χ0v) is 15.6. The number of thioether (sulfide) groups is 1. The molecule has 0 aliphatic carbocycles. The summed E-state index contributed by atoms with van der Waals surface area (Å²) in [6, 6.07) is 14.3. The van der Waals surface area contributed by atoms with Crippen molar-refractivity contribution < 1.29 is 9.72 Å². The predicted molar refractivity (Wildman–Crippen MR) is 104 cm³/mol. The molecule has 0 saturated heterocycles. The van der Waals surface area contributed by atoms with Gasteiger partial charge < -0.3 is 9.88 Å². The third kappa shape index (κ3) is 4.32. The molecule has 138 valence electrons. The maximum Gasteiger partial charge on any atom is 0.293 e. The molecule has 0 spiro atoms. The fourth-order valence-corrected chi connectivity index (χ4v) is 3.21. The third-order valence-corrected chi connectivity index (χ3v) is 4.84. The number of amides is 1. The first kappa shape index (κ1) is 18.6. The van der Waals surface area contributed by atoms with Crippen LogP contribution in [-0.4, -0.2) is 31.3 Å². The molecule has 1 amide bonds. The van der Waals surface area contributed by atoms with E-state index in [0.717, 1.165) is 11.1 Å². The molecule has 1 heterocycles. The number of hydrogen-bond donors (Lipinski definition) is 1. The number of aryl methyl sites for hydroxylation is 1. The van der Waals surface area contributed by atoms with Crippen LogP contribution in [0.2, 0.25) is 0 Å². The number of carbonyl (C=O) groups excluding carboxylic acids is 1. The summed E-state index contributed by atoms with van der Waals surface area (Å²) < 4.78 is 1.81. The van der Waals surface area contributed by atoms with Crippen LogP contribution >= 0.6 is 11.8 Å². The Morgan fingerprint density at radius 2 is 1.96 bits per heavy atom. The Morgan fingerprint density at radius 3 is 2.67 bits per heavy atom. The molecule has 3 rings (SSSR count). The van der Waals surface area contributed by atoms with Gasteiger partial charge in [-0.1, -0.05) is 48.2 Å². The molecular formula is C18H17N5O3S. The predicted octanol–water partition coefficient (Wildman–Crippen LogP) is 3.43. The highest BCUT2D eigenvalue weighted by Crippen LogP contribution is 2.26. The summed E-state index contributed by atoms with van der Waals surface area (Å²) in [4.78, 5) is 22.9. The van der Waals surface area contributed by atoms with Crippen molar-refractivity contribution in [2.75, 3.05) is 11.1 Å². The second-order valence-electron chi connectivity index (χ2n) is 5.85. The number of aromatic nitrogens is 3. The summed E-state index contributed by atoms with van der Waals surface area (Å²) in [5.74, 6) is 0.412. The molecular weight excluding hydrogens is 366 g/mol. The van der Waals surface area contributed by atoms with Crippen molar-refractivity contribution >= 4 is 29.0 Å². The van der Waals surface area contributed by atoms with Crippen LogP contribution in [0.25, 0.3) is 11.4 Å². The monoisotopic (exact) mass is 383 g/mol. The van der Waals surface area contributed by atoms with Gasteiger partial charge >= 0.3 is 0 Å². The Labute approximate surface area is 159 Å². The van der Waals surface area contributed by atoms with Gasteiger partial charge in [-0.3, -0.25) is 14.9 Å². The average molecular weight is 383 g/mol. The third-order valence-electron chi connectivity index (χ3n) is 3.82. The van der Waals surface area contributed by atoms with Crippen molar-refractivity contribution in [1.82, 2.24) is 14.8 Å². The van der Waals surface area contributed by atoms with Gasteiger partial charge in [0.15, 0.2) is 11.0 Å². The highest BCUT2D eigenvalue weighted by molar-refractivity contribution is 7.99. The van der Waals surface area contributed by atoms with Crippen LogP contribution in [0.4, 0.5) is 11.4 Å². The van der Waals surface area contributed by atoms with E-state index < -0.39 is 4.92 Å². The average Bonchev–Trinajstić information content (AvgIpc) is 3.02. The van der Waals surface area contributed by atoms with Gasteiger partial charge in [-0.2, -0.15) is 0 Å². The number of benzene rings is 2. The summed E-state index contributed by atoms with van der Waals surface area (Å²) in [6.07, 6.45) is 0. The van der Waals surface area contributed by atoms with E-state index in [1.807, 2.05) is 41.9 Å². The Hall–Kier alpha value is -3.20. The van der Waals surface area contributed by atoms with Crippen molar-refractivity contribution in [1.29, 1.82) is 0 Å². The van der Waals surface area contributed by atoms with Crippen LogP contribution in [0.1, 0.15) is 5.56 Å². The topological polar surface area (TPSA) is 103 Å². The molecule has 9 heteroatoms. The number of nitrogens with one attached hydrogen (secondary N) is 1. The molecule has 0 aliphatic rings. The van der Waals surface area contributed by atoms with Gasteiger partial charge in [-0.25, -0.2) is 0 Å². The minimum atomic E-state index is -0.509. The Morgan fingerprint density at radius 1 is 1.22 bits per heavy atom. The lowest BCUT2D eigenvalue weighted by Crippen LogP contribution is -2.15. The lowest BCUT2D eigenvalue weighted by atomic mass is 10.2. The van der Waals surface area contributed by atoms with Crippen LogP contribution in [0.15, 0.2) is 53.7 Å². The maximum absolute atomic E-state index is 12.2. The SMILES string of the molecule is Cc1ccc(NC(=O)CSc2nnc(-c3ccccc3)n2C)c([N+](=O)[O-])c1. The normalized spacial score (nSPS) is 10.6. The van der Waals surface area contributed by atoms with Gasteiger partial charge in [-0.05, 0) is 18.6 Å². The molecule has 1 N–H and O–H groups in total. The maximum atomic E-state index is 12.2. The van der Waals surface area contributed by atoms with Crippen LogP contribution in [0.5, 0.6) is 0 Å². The molecule has 0 aliphatic heterocycles. The minimum absolute atomic E-state index is 0.0613. The molecule has 0 bridgehead atoms. The first-order valence-corrected chi connectivity index (χ1v) is 9.07. The first-order chi connectivity index (χ1) is 13.0. The number of hydrogen-bond acceptors (Lipinski definition) is 6. The lowest BCUT2D eigenvalue weighted by Gasteiger charge is -2.07.